The topological polar surface area (TPSA) is 60.0 Å². The Morgan fingerprint density at radius 1 is 1.06 bits per heavy atom. The lowest BCUT2D eigenvalue weighted by molar-refractivity contribution is -0.117. The van der Waals surface area contributed by atoms with Crippen molar-refractivity contribution in [3.63, 3.8) is 0 Å². The van der Waals surface area contributed by atoms with E-state index in [0.717, 1.165) is 49.4 Å². The summed E-state index contributed by atoms with van der Waals surface area (Å²) in [5.41, 5.74) is 2.08. The van der Waals surface area contributed by atoms with Gasteiger partial charge in [-0.1, -0.05) is 13.0 Å². The molecule has 3 rings (SSSR count). The van der Waals surface area contributed by atoms with Crippen molar-refractivity contribution in [2.45, 2.75) is 32.2 Å². The van der Waals surface area contributed by atoms with Crippen molar-refractivity contribution < 1.29 is 19.0 Å². The van der Waals surface area contributed by atoms with Gasteiger partial charge in [0.2, 0.25) is 5.91 Å². The normalized spacial score (nSPS) is 14.5. The number of hydrogen-bond donors (Lipinski definition) is 1. The van der Waals surface area contributed by atoms with Crippen molar-refractivity contribution in [1.29, 1.82) is 0 Å². The van der Waals surface area contributed by atoms with Crippen LogP contribution in [0, 0.1) is 0 Å². The summed E-state index contributed by atoms with van der Waals surface area (Å²) in [4.78, 5) is 14.7. The summed E-state index contributed by atoms with van der Waals surface area (Å²) >= 11 is 0. The summed E-state index contributed by atoms with van der Waals surface area (Å²) in [5.74, 6) is 2.17. The molecule has 6 heteroatoms. The molecule has 0 unspecified atom stereocenters. The molecule has 1 aliphatic heterocycles. The molecule has 0 spiro atoms. The molecule has 2 aromatic carbocycles. The molecule has 1 heterocycles. The quantitative estimate of drug-likeness (QED) is 0.609. The van der Waals surface area contributed by atoms with Gasteiger partial charge in [-0.05, 0) is 67.3 Å². The summed E-state index contributed by atoms with van der Waals surface area (Å²) in [5, 5.41) is 3.12. The average Bonchev–Trinajstić information content (AvgIpc) is 2.82. The van der Waals surface area contributed by atoms with Gasteiger partial charge < -0.3 is 24.4 Å². The number of hydrogen-bond acceptors (Lipinski definition) is 5. The van der Waals surface area contributed by atoms with Crippen molar-refractivity contribution in [2.75, 3.05) is 38.8 Å². The second-order valence-electron chi connectivity index (χ2n) is 7.56. The van der Waals surface area contributed by atoms with Crippen molar-refractivity contribution in [3.8, 4) is 17.2 Å². The minimum absolute atomic E-state index is 0.0758. The van der Waals surface area contributed by atoms with Crippen LogP contribution in [-0.2, 0) is 4.79 Å². The average molecular weight is 425 g/mol. The highest BCUT2D eigenvalue weighted by atomic mass is 16.5. The van der Waals surface area contributed by atoms with Gasteiger partial charge >= 0.3 is 0 Å². The molecule has 0 aromatic heterocycles. The maximum absolute atomic E-state index is 12.4. The molecule has 0 aliphatic carbocycles. The maximum Gasteiger partial charge on any atom is 0.244 e. The Bertz CT molecular complexity index is 872. The molecule has 0 radical (unpaired) electrons. The Hall–Kier alpha value is -3.15. The van der Waals surface area contributed by atoms with Gasteiger partial charge in [-0.3, -0.25) is 4.79 Å². The van der Waals surface area contributed by atoms with E-state index < -0.39 is 0 Å². The SMILES string of the molecule is CCCOc1ccc(/C=C/C(=O)NC2CCN(c3ccc(OC)cc3)CC2)cc1OC. The summed E-state index contributed by atoms with van der Waals surface area (Å²) in [6, 6.07) is 14.0. The first kappa shape index (κ1) is 22.5. The summed E-state index contributed by atoms with van der Waals surface area (Å²) in [6.45, 7) is 4.53. The van der Waals surface area contributed by atoms with Crippen LogP contribution in [0.5, 0.6) is 17.2 Å². The zero-order chi connectivity index (χ0) is 22.1. The van der Waals surface area contributed by atoms with Crippen molar-refractivity contribution in [3.05, 3.63) is 54.1 Å². The Labute approximate surface area is 184 Å². The third-order valence-corrected chi connectivity index (χ3v) is 5.36. The highest BCUT2D eigenvalue weighted by molar-refractivity contribution is 5.92. The van der Waals surface area contributed by atoms with E-state index in [-0.39, 0.29) is 11.9 Å². The molecule has 1 N–H and O–H groups in total. The van der Waals surface area contributed by atoms with E-state index in [2.05, 4.69) is 29.3 Å². The minimum Gasteiger partial charge on any atom is -0.497 e. The lowest BCUT2D eigenvalue weighted by Crippen LogP contribution is -2.44. The number of ether oxygens (including phenoxy) is 3. The number of amides is 1. The first-order valence-corrected chi connectivity index (χ1v) is 10.8. The van der Waals surface area contributed by atoms with E-state index in [4.69, 9.17) is 14.2 Å². The predicted octanol–water partition coefficient (Wildman–Crippen LogP) is 4.29. The molecule has 31 heavy (non-hydrogen) atoms. The standard InChI is InChI=1S/C25H32N2O4/c1-4-17-31-23-11-5-19(18-24(23)30-3)6-12-25(28)26-20-13-15-27(16-14-20)21-7-9-22(29-2)10-8-21/h5-12,18,20H,4,13-17H2,1-3H3,(H,26,28)/b12-6+. The molecule has 0 atom stereocenters. The summed E-state index contributed by atoms with van der Waals surface area (Å²) in [6.07, 6.45) is 6.15. The van der Waals surface area contributed by atoms with Crippen LogP contribution in [0.15, 0.2) is 48.5 Å². The van der Waals surface area contributed by atoms with Gasteiger partial charge in [0.25, 0.3) is 0 Å². The second-order valence-corrected chi connectivity index (χ2v) is 7.56. The van der Waals surface area contributed by atoms with Gasteiger partial charge in [0.15, 0.2) is 11.5 Å². The number of carbonyl (C=O) groups excluding carboxylic acids is 1. The lowest BCUT2D eigenvalue weighted by Gasteiger charge is -2.33. The van der Waals surface area contributed by atoms with Crippen LogP contribution in [0.4, 0.5) is 5.69 Å². The third kappa shape index (κ3) is 6.41. The number of nitrogens with one attached hydrogen (secondary N) is 1. The van der Waals surface area contributed by atoms with Crippen LogP contribution in [0.1, 0.15) is 31.7 Å². The second kappa shape index (κ2) is 11.3. The fraction of sp³-hybridized carbons (Fsp3) is 0.400. The number of anilines is 1. The lowest BCUT2D eigenvalue weighted by atomic mass is 10.0. The van der Waals surface area contributed by atoms with Crippen LogP contribution in [0.3, 0.4) is 0 Å². The largest absolute Gasteiger partial charge is 0.497 e. The third-order valence-electron chi connectivity index (χ3n) is 5.36. The van der Waals surface area contributed by atoms with Crippen molar-refractivity contribution in [1.82, 2.24) is 5.32 Å². The molecule has 1 amide bonds. The molecule has 166 valence electrons. The van der Waals surface area contributed by atoms with Crippen LogP contribution in [-0.4, -0.2) is 45.9 Å². The zero-order valence-corrected chi connectivity index (χ0v) is 18.6. The van der Waals surface area contributed by atoms with E-state index in [0.29, 0.717) is 12.4 Å². The Morgan fingerprint density at radius 3 is 2.45 bits per heavy atom. The highest BCUT2D eigenvalue weighted by Crippen LogP contribution is 2.28. The van der Waals surface area contributed by atoms with Crippen LogP contribution < -0.4 is 24.4 Å². The number of methoxy groups -OCH3 is 2. The smallest absolute Gasteiger partial charge is 0.244 e. The van der Waals surface area contributed by atoms with Gasteiger partial charge in [0.1, 0.15) is 5.75 Å². The maximum atomic E-state index is 12.4. The van der Waals surface area contributed by atoms with E-state index >= 15 is 0 Å². The van der Waals surface area contributed by atoms with E-state index in [9.17, 15) is 4.79 Å². The minimum atomic E-state index is -0.0758. The number of piperidine rings is 1. The van der Waals surface area contributed by atoms with E-state index in [1.54, 1.807) is 26.4 Å². The van der Waals surface area contributed by atoms with Gasteiger partial charge in [0, 0.05) is 30.9 Å². The van der Waals surface area contributed by atoms with Crippen LogP contribution in [0.2, 0.25) is 0 Å². The highest BCUT2D eigenvalue weighted by Gasteiger charge is 2.20. The van der Waals surface area contributed by atoms with Gasteiger partial charge in [0.05, 0.1) is 20.8 Å². The van der Waals surface area contributed by atoms with E-state index in [1.165, 1.54) is 5.69 Å². The Kier molecular flexibility index (Phi) is 8.21. The molecule has 0 saturated carbocycles. The number of nitrogens with zero attached hydrogens (tertiary/aromatic N) is 1. The molecule has 6 nitrogen and oxygen atoms in total. The Balaban J connectivity index is 1.49. The summed E-state index contributed by atoms with van der Waals surface area (Å²) < 4.78 is 16.3. The van der Waals surface area contributed by atoms with E-state index in [1.807, 2.05) is 30.3 Å². The number of benzene rings is 2. The molecule has 0 bridgehead atoms. The molecule has 1 aliphatic rings. The van der Waals surface area contributed by atoms with Gasteiger partial charge in [-0.25, -0.2) is 0 Å². The Morgan fingerprint density at radius 2 is 1.81 bits per heavy atom. The molecule has 1 fully saturated rings. The zero-order valence-electron chi connectivity index (χ0n) is 18.6. The summed E-state index contributed by atoms with van der Waals surface area (Å²) in [7, 11) is 3.29. The van der Waals surface area contributed by atoms with Gasteiger partial charge in [-0.2, -0.15) is 0 Å². The fourth-order valence-electron chi connectivity index (χ4n) is 3.62. The number of rotatable bonds is 9. The van der Waals surface area contributed by atoms with Gasteiger partial charge in [-0.15, -0.1) is 0 Å². The molecule has 1 saturated heterocycles. The molecular formula is C25H32N2O4. The molecule has 2 aromatic rings. The van der Waals surface area contributed by atoms with Crippen molar-refractivity contribution >= 4 is 17.7 Å². The number of carbonyl (C=O) groups is 1. The monoisotopic (exact) mass is 424 g/mol. The van der Waals surface area contributed by atoms with Crippen molar-refractivity contribution in [2.24, 2.45) is 0 Å². The predicted molar refractivity (Wildman–Crippen MR) is 124 cm³/mol. The van der Waals surface area contributed by atoms with Crippen LogP contribution >= 0.6 is 0 Å². The first-order valence-electron chi connectivity index (χ1n) is 10.8. The molecular weight excluding hydrogens is 392 g/mol. The fourth-order valence-corrected chi connectivity index (χ4v) is 3.62. The van der Waals surface area contributed by atoms with Crippen LogP contribution in [0.25, 0.3) is 6.08 Å². The first-order chi connectivity index (χ1) is 15.1.